The number of hydrogen-bond donors (Lipinski definition) is 1. The van der Waals surface area contributed by atoms with E-state index in [0.717, 1.165) is 6.07 Å². The van der Waals surface area contributed by atoms with Crippen LogP contribution < -0.4 is 5.73 Å². The van der Waals surface area contributed by atoms with Crippen LogP contribution in [-0.2, 0) is 4.79 Å². The Morgan fingerprint density at radius 3 is 2.14 bits per heavy atom. The van der Waals surface area contributed by atoms with E-state index < -0.39 is 11.7 Å². The van der Waals surface area contributed by atoms with Gasteiger partial charge in [0.1, 0.15) is 5.82 Å². The maximum Gasteiger partial charge on any atom is 0.255 e. The Morgan fingerprint density at radius 2 is 1.55 bits per heavy atom. The third kappa shape index (κ3) is 5.07. The molecule has 9 heteroatoms. The van der Waals surface area contributed by atoms with Gasteiger partial charge in [-0.25, -0.2) is 4.39 Å². The van der Waals surface area contributed by atoms with Crippen molar-refractivity contribution in [1.82, 2.24) is 9.80 Å². The highest BCUT2D eigenvalue weighted by Gasteiger charge is 2.27. The fourth-order valence-corrected chi connectivity index (χ4v) is 4.07. The van der Waals surface area contributed by atoms with Gasteiger partial charge >= 0.3 is 0 Å². The van der Waals surface area contributed by atoms with Gasteiger partial charge in [-0.3, -0.25) is 14.4 Å². The molecule has 1 aliphatic rings. The molecule has 2 N–H and O–H groups in total. The van der Waals surface area contributed by atoms with E-state index in [1.807, 2.05) is 0 Å². The van der Waals surface area contributed by atoms with Crippen LogP contribution in [0.2, 0.25) is 5.02 Å². The third-order valence-corrected chi connectivity index (χ3v) is 5.91. The third-order valence-electron chi connectivity index (χ3n) is 4.50. The topological polar surface area (TPSA) is 83.7 Å². The monoisotopic (exact) mass is 435 g/mol. The lowest BCUT2D eigenvalue weighted by molar-refractivity contribution is -0.115. The number of amides is 3. The number of benzene rings is 2. The molecule has 0 aromatic heterocycles. The first-order valence-electron chi connectivity index (χ1n) is 8.90. The van der Waals surface area contributed by atoms with Crippen molar-refractivity contribution >= 4 is 41.1 Å². The minimum atomic E-state index is -0.505. The summed E-state index contributed by atoms with van der Waals surface area (Å²) in [6.07, 6.45) is 0. The van der Waals surface area contributed by atoms with Crippen molar-refractivity contribution in [3.63, 3.8) is 0 Å². The van der Waals surface area contributed by atoms with Crippen LogP contribution in [0, 0.1) is 5.82 Å². The molecule has 2 aromatic rings. The van der Waals surface area contributed by atoms with Crippen molar-refractivity contribution in [1.29, 1.82) is 0 Å². The zero-order valence-corrected chi connectivity index (χ0v) is 17.0. The summed E-state index contributed by atoms with van der Waals surface area (Å²) < 4.78 is 13.2. The Labute approximate surface area is 176 Å². The van der Waals surface area contributed by atoms with Gasteiger partial charge in [0.25, 0.3) is 11.8 Å². The van der Waals surface area contributed by atoms with Crippen LogP contribution in [-0.4, -0.2) is 59.5 Å². The van der Waals surface area contributed by atoms with Gasteiger partial charge in [0.15, 0.2) is 0 Å². The minimum absolute atomic E-state index is 0.0638. The minimum Gasteiger partial charge on any atom is -0.369 e. The van der Waals surface area contributed by atoms with Gasteiger partial charge in [-0.2, -0.15) is 0 Å². The fraction of sp³-hybridized carbons (Fsp3) is 0.250. The van der Waals surface area contributed by atoms with Gasteiger partial charge in [0, 0.05) is 31.1 Å². The Balaban J connectivity index is 1.66. The zero-order valence-electron chi connectivity index (χ0n) is 15.4. The molecule has 0 radical (unpaired) electrons. The summed E-state index contributed by atoms with van der Waals surface area (Å²) in [5.41, 5.74) is 5.93. The second-order valence-corrected chi connectivity index (χ2v) is 7.88. The van der Waals surface area contributed by atoms with Crippen molar-refractivity contribution < 1.29 is 18.8 Å². The van der Waals surface area contributed by atoms with Crippen LogP contribution in [0.5, 0.6) is 0 Å². The van der Waals surface area contributed by atoms with Gasteiger partial charge < -0.3 is 15.5 Å². The molecule has 2 aromatic carbocycles. The lowest BCUT2D eigenvalue weighted by atomic mass is 10.1. The summed E-state index contributed by atoms with van der Waals surface area (Å²) >= 11 is 7.21. The zero-order chi connectivity index (χ0) is 21.0. The van der Waals surface area contributed by atoms with Gasteiger partial charge in [-0.1, -0.05) is 23.7 Å². The van der Waals surface area contributed by atoms with Gasteiger partial charge in [0.2, 0.25) is 5.91 Å². The highest BCUT2D eigenvalue weighted by molar-refractivity contribution is 8.00. The first-order chi connectivity index (χ1) is 13.9. The van der Waals surface area contributed by atoms with Gasteiger partial charge in [0.05, 0.1) is 21.9 Å². The van der Waals surface area contributed by atoms with E-state index >= 15 is 0 Å². The summed E-state index contributed by atoms with van der Waals surface area (Å²) in [5.74, 6) is -1.33. The Bertz CT molecular complexity index is 948. The van der Waals surface area contributed by atoms with E-state index in [9.17, 15) is 18.8 Å². The first-order valence-corrected chi connectivity index (χ1v) is 10.3. The van der Waals surface area contributed by atoms with E-state index in [0.29, 0.717) is 36.6 Å². The number of carbonyl (C=O) groups excluding carboxylic acids is 3. The van der Waals surface area contributed by atoms with E-state index in [1.54, 1.807) is 34.1 Å². The second kappa shape index (κ2) is 9.28. The van der Waals surface area contributed by atoms with Crippen molar-refractivity contribution in [2.75, 3.05) is 31.9 Å². The highest BCUT2D eigenvalue weighted by Crippen LogP contribution is 2.25. The fourth-order valence-electron chi connectivity index (χ4n) is 3.03. The molecule has 0 unspecified atom stereocenters. The second-order valence-electron chi connectivity index (χ2n) is 6.46. The molecule has 152 valence electrons. The van der Waals surface area contributed by atoms with Crippen molar-refractivity contribution in [3.05, 3.63) is 64.4 Å². The highest BCUT2D eigenvalue weighted by atomic mass is 35.5. The molecule has 6 nitrogen and oxygen atoms in total. The van der Waals surface area contributed by atoms with Gasteiger partial charge in [-0.05, 0) is 30.3 Å². The van der Waals surface area contributed by atoms with Crippen molar-refractivity contribution in [3.8, 4) is 0 Å². The summed E-state index contributed by atoms with van der Waals surface area (Å²) in [7, 11) is 0. The van der Waals surface area contributed by atoms with Crippen LogP contribution in [0.1, 0.15) is 20.7 Å². The van der Waals surface area contributed by atoms with Crippen LogP contribution in [0.15, 0.2) is 47.4 Å². The number of nitrogens with zero attached hydrogens (tertiary/aromatic N) is 2. The molecule has 29 heavy (non-hydrogen) atoms. The Kier molecular flexibility index (Phi) is 6.76. The van der Waals surface area contributed by atoms with Crippen LogP contribution >= 0.6 is 23.4 Å². The predicted octanol–water partition coefficient (Wildman–Crippen LogP) is 2.65. The van der Waals surface area contributed by atoms with Gasteiger partial charge in [-0.15, -0.1) is 11.8 Å². The molecule has 1 fully saturated rings. The molecule has 0 atom stereocenters. The number of carbonyl (C=O) groups is 3. The standard InChI is InChI=1S/C20H19ClFN3O3S/c21-16-11-13(22)5-6-14(16)19(27)24-7-9-25(10-8-24)20(28)15-3-1-2-4-17(15)29-12-18(23)26/h1-6,11H,7-10,12H2,(H2,23,26). The summed E-state index contributed by atoms with van der Waals surface area (Å²) in [6, 6.07) is 10.7. The van der Waals surface area contributed by atoms with E-state index in [-0.39, 0.29) is 28.2 Å². The summed E-state index contributed by atoms with van der Waals surface area (Å²) in [5, 5.41) is 0.0638. The average molecular weight is 436 g/mol. The molecule has 1 heterocycles. The molecule has 1 aliphatic heterocycles. The average Bonchev–Trinajstić information content (AvgIpc) is 2.71. The quantitative estimate of drug-likeness (QED) is 0.732. The maximum atomic E-state index is 13.2. The molecule has 0 aliphatic carbocycles. The first kappa shape index (κ1) is 21.1. The number of piperazine rings is 1. The Hall–Kier alpha value is -2.58. The largest absolute Gasteiger partial charge is 0.369 e. The van der Waals surface area contributed by atoms with Crippen molar-refractivity contribution in [2.24, 2.45) is 5.73 Å². The molecule has 1 saturated heterocycles. The lowest BCUT2D eigenvalue weighted by Gasteiger charge is -2.35. The SMILES string of the molecule is NC(=O)CSc1ccccc1C(=O)N1CCN(C(=O)c2ccc(F)cc2Cl)CC1. The van der Waals surface area contributed by atoms with Crippen LogP contribution in [0.25, 0.3) is 0 Å². The molecule has 0 saturated carbocycles. The van der Waals surface area contributed by atoms with Crippen molar-refractivity contribution in [2.45, 2.75) is 4.90 Å². The van der Waals surface area contributed by atoms with Crippen LogP contribution in [0.3, 0.4) is 0 Å². The normalized spacial score (nSPS) is 14.0. The summed E-state index contributed by atoms with van der Waals surface area (Å²) in [4.78, 5) is 40.6. The number of nitrogens with two attached hydrogens (primary N) is 1. The van der Waals surface area contributed by atoms with E-state index in [2.05, 4.69) is 0 Å². The number of hydrogen-bond acceptors (Lipinski definition) is 4. The maximum absolute atomic E-state index is 13.2. The number of thioether (sulfide) groups is 1. The molecule has 0 spiro atoms. The molecule has 0 bridgehead atoms. The predicted molar refractivity (Wildman–Crippen MR) is 110 cm³/mol. The molecule has 3 amide bonds. The summed E-state index contributed by atoms with van der Waals surface area (Å²) in [6.45, 7) is 1.40. The number of halogens is 2. The smallest absolute Gasteiger partial charge is 0.255 e. The molecular formula is C20H19ClFN3O3S. The number of rotatable bonds is 5. The Morgan fingerprint density at radius 1 is 0.966 bits per heavy atom. The molecular weight excluding hydrogens is 417 g/mol. The van der Waals surface area contributed by atoms with E-state index in [4.69, 9.17) is 17.3 Å². The lowest BCUT2D eigenvalue weighted by Crippen LogP contribution is -2.50. The molecule has 3 rings (SSSR count). The van der Waals surface area contributed by atoms with Crippen LogP contribution in [0.4, 0.5) is 4.39 Å². The number of primary amides is 1. The van der Waals surface area contributed by atoms with E-state index in [1.165, 1.54) is 23.9 Å².